The van der Waals surface area contributed by atoms with Gasteiger partial charge < -0.3 is 16.0 Å². The lowest BCUT2D eigenvalue weighted by Crippen LogP contribution is -2.42. The summed E-state index contributed by atoms with van der Waals surface area (Å²) in [5, 5.41) is 2.77. The third kappa shape index (κ3) is 4.55. The largest absolute Gasteiger partial charge is 0.433 e. The minimum absolute atomic E-state index is 0.0571. The Labute approximate surface area is 125 Å². The van der Waals surface area contributed by atoms with E-state index in [4.69, 9.17) is 5.73 Å². The van der Waals surface area contributed by atoms with Crippen molar-refractivity contribution >= 4 is 11.9 Å². The highest BCUT2D eigenvalue weighted by Crippen LogP contribution is 2.27. The summed E-state index contributed by atoms with van der Waals surface area (Å²) in [5.41, 5.74) is 4.32. The van der Waals surface area contributed by atoms with E-state index in [0.717, 1.165) is 31.6 Å². The summed E-state index contributed by atoms with van der Waals surface area (Å²) >= 11 is 0. The predicted octanol–water partition coefficient (Wildman–Crippen LogP) is 1.10. The molecular formula is C13H18F3N5O. The molecule has 1 aliphatic rings. The Bertz CT molecular complexity index is 523. The third-order valence-corrected chi connectivity index (χ3v) is 3.57. The highest BCUT2D eigenvalue weighted by Gasteiger charge is 2.32. The van der Waals surface area contributed by atoms with Crippen molar-refractivity contribution in [2.45, 2.75) is 19.0 Å². The second-order valence-corrected chi connectivity index (χ2v) is 5.23. The number of primary amides is 1. The number of anilines is 1. The van der Waals surface area contributed by atoms with Crippen molar-refractivity contribution in [1.29, 1.82) is 0 Å². The van der Waals surface area contributed by atoms with E-state index in [1.165, 1.54) is 0 Å². The Hall–Kier alpha value is -1.90. The first-order chi connectivity index (χ1) is 10.4. The van der Waals surface area contributed by atoms with Crippen LogP contribution in [0, 0.1) is 5.92 Å². The average molecular weight is 317 g/mol. The van der Waals surface area contributed by atoms with E-state index in [1.807, 2.05) is 0 Å². The third-order valence-electron chi connectivity index (χ3n) is 3.57. The summed E-state index contributed by atoms with van der Waals surface area (Å²) in [7, 11) is 0. The fourth-order valence-electron chi connectivity index (χ4n) is 2.42. The van der Waals surface area contributed by atoms with Crippen LogP contribution in [0.4, 0.5) is 19.1 Å². The van der Waals surface area contributed by atoms with Crippen molar-refractivity contribution < 1.29 is 18.0 Å². The first-order valence-electron chi connectivity index (χ1n) is 7.02. The van der Waals surface area contributed by atoms with Crippen LogP contribution in [0.3, 0.4) is 0 Å². The van der Waals surface area contributed by atoms with Crippen molar-refractivity contribution in [3.8, 4) is 0 Å². The zero-order valence-corrected chi connectivity index (χ0v) is 11.9. The van der Waals surface area contributed by atoms with Crippen molar-refractivity contribution in [3.63, 3.8) is 0 Å². The van der Waals surface area contributed by atoms with Crippen molar-refractivity contribution in [2.75, 3.05) is 31.5 Å². The number of alkyl halides is 3. The van der Waals surface area contributed by atoms with Gasteiger partial charge in [-0.1, -0.05) is 0 Å². The number of rotatable bonds is 5. The van der Waals surface area contributed by atoms with E-state index in [9.17, 15) is 18.0 Å². The highest BCUT2D eigenvalue weighted by atomic mass is 19.4. The first kappa shape index (κ1) is 16.5. The quantitative estimate of drug-likeness (QED) is 0.850. The molecule has 3 N–H and O–H groups in total. The SMILES string of the molecule is NC(=O)C1CCCN(CCNc2nccc(C(F)(F)F)n2)C1. The van der Waals surface area contributed by atoms with Crippen LogP contribution in [0.1, 0.15) is 18.5 Å². The van der Waals surface area contributed by atoms with Crippen LogP contribution in [0.25, 0.3) is 0 Å². The van der Waals surface area contributed by atoms with E-state index < -0.39 is 11.9 Å². The summed E-state index contributed by atoms with van der Waals surface area (Å²) in [4.78, 5) is 20.4. The van der Waals surface area contributed by atoms with E-state index in [-0.39, 0.29) is 17.8 Å². The number of nitrogens with two attached hydrogens (primary N) is 1. The van der Waals surface area contributed by atoms with E-state index in [2.05, 4.69) is 20.2 Å². The molecule has 0 radical (unpaired) electrons. The van der Waals surface area contributed by atoms with Crippen LogP contribution < -0.4 is 11.1 Å². The number of carbonyl (C=O) groups excluding carboxylic acids is 1. The molecule has 0 bridgehead atoms. The standard InChI is InChI=1S/C13H18F3N5O/c14-13(15,16)10-3-4-18-12(20-10)19-5-7-21-6-1-2-9(8-21)11(17)22/h3-4,9H,1-2,5-8H2,(H2,17,22)(H,18,19,20). The van der Waals surface area contributed by atoms with Crippen molar-refractivity contribution in [1.82, 2.24) is 14.9 Å². The molecule has 1 aromatic heterocycles. The number of aromatic nitrogens is 2. The van der Waals surface area contributed by atoms with Gasteiger partial charge in [0.25, 0.3) is 0 Å². The first-order valence-corrected chi connectivity index (χ1v) is 7.02. The van der Waals surface area contributed by atoms with Crippen molar-refractivity contribution in [2.24, 2.45) is 11.7 Å². The normalized spacial score (nSPS) is 19.9. The molecule has 22 heavy (non-hydrogen) atoms. The molecule has 1 unspecified atom stereocenters. The Morgan fingerprint density at radius 1 is 1.50 bits per heavy atom. The monoisotopic (exact) mass is 317 g/mol. The number of nitrogens with one attached hydrogen (secondary N) is 1. The Balaban J connectivity index is 1.82. The fourth-order valence-corrected chi connectivity index (χ4v) is 2.42. The number of hydrogen-bond donors (Lipinski definition) is 2. The lowest BCUT2D eigenvalue weighted by Gasteiger charge is -2.31. The number of halogens is 3. The second-order valence-electron chi connectivity index (χ2n) is 5.23. The Morgan fingerprint density at radius 3 is 2.95 bits per heavy atom. The Kier molecular flexibility index (Phi) is 5.17. The van der Waals surface area contributed by atoms with E-state index >= 15 is 0 Å². The molecule has 0 saturated carbocycles. The van der Waals surface area contributed by atoms with E-state index in [0.29, 0.717) is 19.6 Å². The van der Waals surface area contributed by atoms with Crippen LogP contribution in [-0.4, -0.2) is 47.0 Å². The smallest absolute Gasteiger partial charge is 0.369 e. The second kappa shape index (κ2) is 6.91. The molecule has 9 heteroatoms. The van der Waals surface area contributed by atoms with Crippen molar-refractivity contribution in [3.05, 3.63) is 18.0 Å². The van der Waals surface area contributed by atoms with Gasteiger partial charge in [0.1, 0.15) is 5.69 Å². The van der Waals surface area contributed by atoms with Crippen LogP contribution in [0.15, 0.2) is 12.3 Å². The van der Waals surface area contributed by atoms with Gasteiger partial charge in [0.2, 0.25) is 11.9 Å². The van der Waals surface area contributed by atoms with Gasteiger partial charge in [-0.05, 0) is 25.5 Å². The average Bonchev–Trinajstić information content (AvgIpc) is 2.47. The number of amides is 1. The molecule has 122 valence electrons. The summed E-state index contributed by atoms with van der Waals surface area (Å²) < 4.78 is 37.6. The molecule has 0 aromatic carbocycles. The molecule has 1 aromatic rings. The van der Waals surface area contributed by atoms with Crippen LogP contribution >= 0.6 is 0 Å². The summed E-state index contributed by atoms with van der Waals surface area (Å²) in [6.45, 7) is 2.41. The minimum atomic E-state index is -4.49. The predicted molar refractivity (Wildman–Crippen MR) is 73.9 cm³/mol. The molecule has 1 aliphatic heterocycles. The molecule has 1 amide bonds. The Morgan fingerprint density at radius 2 is 2.27 bits per heavy atom. The zero-order valence-electron chi connectivity index (χ0n) is 11.9. The van der Waals surface area contributed by atoms with Gasteiger partial charge in [-0.2, -0.15) is 13.2 Å². The minimum Gasteiger partial charge on any atom is -0.369 e. The molecule has 1 fully saturated rings. The molecule has 1 atom stereocenters. The lowest BCUT2D eigenvalue weighted by molar-refractivity contribution is -0.141. The highest BCUT2D eigenvalue weighted by molar-refractivity contribution is 5.76. The molecule has 0 spiro atoms. The zero-order chi connectivity index (χ0) is 16.2. The summed E-state index contributed by atoms with van der Waals surface area (Å²) in [6, 6.07) is 0.827. The van der Waals surface area contributed by atoms with Gasteiger partial charge in [-0.3, -0.25) is 4.79 Å². The maximum atomic E-state index is 12.5. The molecule has 6 nitrogen and oxygen atoms in total. The van der Waals surface area contributed by atoms with Gasteiger partial charge in [0, 0.05) is 25.8 Å². The van der Waals surface area contributed by atoms with Crippen LogP contribution in [-0.2, 0) is 11.0 Å². The van der Waals surface area contributed by atoms with E-state index in [1.54, 1.807) is 0 Å². The number of carbonyl (C=O) groups is 1. The molecule has 2 rings (SSSR count). The fraction of sp³-hybridized carbons (Fsp3) is 0.615. The van der Waals surface area contributed by atoms with Gasteiger partial charge in [0.15, 0.2) is 0 Å². The van der Waals surface area contributed by atoms with Gasteiger partial charge in [-0.25, -0.2) is 9.97 Å². The number of piperidine rings is 1. The number of likely N-dealkylation sites (tertiary alicyclic amines) is 1. The maximum Gasteiger partial charge on any atom is 0.433 e. The van der Waals surface area contributed by atoms with Gasteiger partial charge in [0.05, 0.1) is 5.92 Å². The van der Waals surface area contributed by atoms with Gasteiger partial charge in [-0.15, -0.1) is 0 Å². The topological polar surface area (TPSA) is 84.1 Å². The van der Waals surface area contributed by atoms with Crippen LogP contribution in [0.5, 0.6) is 0 Å². The number of hydrogen-bond acceptors (Lipinski definition) is 5. The molecule has 1 saturated heterocycles. The molecule has 0 aliphatic carbocycles. The number of nitrogens with zero attached hydrogens (tertiary/aromatic N) is 3. The molecular weight excluding hydrogens is 299 g/mol. The maximum absolute atomic E-state index is 12.5. The molecule has 2 heterocycles. The summed E-state index contributed by atoms with van der Waals surface area (Å²) in [6.07, 6.45) is -1.74. The lowest BCUT2D eigenvalue weighted by atomic mass is 9.97. The van der Waals surface area contributed by atoms with Gasteiger partial charge >= 0.3 is 6.18 Å². The summed E-state index contributed by atoms with van der Waals surface area (Å²) in [5.74, 6) is -0.518. The van der Waals surface area contributed by atoms with Crippen LogP contribution in [0.2, 0.25) is 0 Å².